The number of carbonyl (C=O) groups excluding carboxylic acids is 5. The molecule has 0 spiro atoms. The highest BCUT2D eigenvalue weighted by Gasteiger charge is 2.41. The third-order valence-electron chi connectivity index (χ3n) is 6.85. The van der Waals surface area contributed by atoms with Gasteiger partial charge in [-0.1, -0.05) is 52.0 Å². The number of para-hydroxylation sites is 1. The van der Waals surface area contributed by atoms with Gasteiger partial charge in [-0.05, 0) is 48.4 Å². The Morgan fingerprint density at radius 3 is 2.31 bits per heavy atom. The van der Waals surface area contributed by atoms with Crippen molar-refractivity contribution < 1.29 is 28.7 Å². The highest BCUT2D eigenvalue weighted by molar-refractivity contribution is 6.20. The molecule has 1 aromatic heterocycles. The summed E-state index contributed by atoms with van der Waals surface area (Å²) in [5, 5.41) is 5.49. The van der Waals surface area contributed by atoms with Crippen LogP contribution in [0.4, 0.5) is 5.69 Å². The summed E-state index contributed by atoms with van der Waals surface area (Å²) < 4.78 is 4.89. The maximum absolute atomic E-state index is 13.5. The molecule has 1 fully saturated rings. The van der Waals surface area contributed by atoms with Crippen molar-refractivity contribution in [2.75, 3.05) is 12.0 Å². The van der Waals surface area contributed by atoms with E-state index in [4.69, 9.17) is 4.74 Å². The minimum absolute atomic E-state index is 0.0754. The Labute approximate surface area is 228 Å². The molecule has 39 heavy (non-hydrogen) atoms. The molecule has 3 rings (SSSR count). The monoisotopic (exact) mass is 536 g/mol. The summed E-state index contributed by atoms with van der Waals surface area (Å²) in [7, 11) is 1.24. The largest absolute Gasteiger partial charge is 0.467 e. The molecule has 4 atom stereocenters. The molecule has 0 aliphatic carbocycles. The second kappa shape index (κ2) is 12.6. The molecule has 1 aliphatic rings. The Hall–Kier alpha value is -4.08. The zero-order valence-corrected chi connectivity index (χ0v) is 23.0. The smallest absolute Gasteiger partial charge is 0.328 e. The molecule has 208 valence electrons. The van der Waals surface area contributed by atoms with Gasteiger partial charge in [0.05, 0.1) is 12.8 Å². The van der Waals surface area contributed by atoms with E-state index >= 15 is 0 Å². The molecule has 0 radical (unpaired) electrons. The Kier molecular flexibility index (Phi) is 9.56. The number of ether oxygens (including phenoxy) is 1. The normalized spacial score (nSPS) is 17.8. The standard InChI is InChI=1S/C29H36N4O6/c1-18(14-15-19-17-22(34)33(27(19)37)20-11-7-6-8-12-20)23(31-25(35)21-13-9-10-16-30-21)26(36)32-24(28(38)39-5)29(2,3)4/h6-13,16,18-19,23-24H,14-15,17H2,1-5H3,(H,31,35)(H,32,36)/t18-,19?,23-,24+/m0/s1. The van der Waals surface area contributed by atoms with Crippen LogP contribution in [-0.4, -0.2) is 53.8 Å². The molecule has 2 N–H and O–H groups in total. The summed E-state index contributed by atoms with van der Waals surface area (Å²) in [4.78, 5) is 69.8. The summed E-state index contributed by atoms with van der Waals surface area (Å²) in [5.41, 5.74) is 0.0101. The van der Waals surface area contributed by atoms with Crippen LogP contribution in [0.15, 0.2) is 54.7 Å². The van der Waals surface area contributed by atoms with E-state index in [9.17, 15) is 24.0 Å². The summed E-state index contributed by atoms with van der Waals surface area (Å²) in [6.45, 7) is 7.16. The minimum atomic E-state index is -1.04. The molecule has 1 saturated heterocycles. The minimum Gasteiger partial charge on any atom is -0.467 e. The second-order valence-electron chi connectivity index (χ2n) is 10.9. The molecular weight excluding hydrogens is 500 g/mol. The lowest BCUT2D eigenvalue weighted by atomic mass is 9.85. The molecule has 1 aliphatic heterocycles. The Bertz CT molecular complexity index is 1200. The fourth-order valence-electron chi connectivity index (χ4n) is 4.56. The van der Waals surface area contributed by atoms with Gasteiger partial charge in [-0.3, -0.25) is 29.1 Å². The SMILES string of the molecule is COC(=O)[C@@H](NC(=O)[C@@H](NC(=O)c1ccccn1)[C@@H](C)CCC1CC(=O)N(c2ccccc2)C1=O)C(C)(C)C. The fourth-order valence-corrected chi connectivity index (χ4v) is 4.56. The number of benzene rings is 1. The lowest BCUT2D eigenvalue weighted by Gasteiger charge is -2.32. The van der Waals surface area contributed by atoms with Gasteiger partial charge in [0.2, 0.25) is 17.7 Å². The average molecular weight is 537 g/mol. The quantitative estimate of drug-likeness (QED) is 0.352. The molecule has 1 unspecified atom stereocenters. The van der Waals surface area contributed by atoms with Crippen molar-refractivity contribution in [2.24, 2.45) is 17.3 Å². The number of carbonyl (C=O) groups is 5. The molecule has 2 heterocycles. The number of imide groups is 1. The number of nitrogens with one attached hydrogen (secondary N) is 2. The molecular formula is C29H36N4O6. The zero-order chi connectivity index (χ0) is 28.7. The Morgan fingerprint density at radius 1 is 1.05 bits per heavy atom. The van der Waals surface area contributed by atoms with Crippen LogP contribution >= 0.6 is 0 Å². The van der Waals surface area contributed by atoms with Gasteiger partial charge in [-0.2, -0.15) is 0 Å². The molecule has 1 aromatic carbocycles. The summed E-state index contributed by atoms with van der Waals surface area (Å²) in [6.07, 6.45) is 2.26. The third-order valence-corrected chi connectivity index (χ3v) is 6.85. The van der Waals surface area contributed by atoms with Crippen molar-refractivity contribution in [2.45, 2.75) is 59.0 Å². The summed E-state index contributed by atoms with van der Waals surface area (Å²) in [5.74, 6) is -3.23. The van der Waals surface area contributed by atoms with Crippen molar-refractivity contribution in [3.8, 4) is 0 Å². The van der Waals surface area contributed by atoms with Gasteiger partial charge < -0.3 is 15.4 Å². The van der Waals surface area contributed by atoms with Crippen LogP contribution in [0.25, 0.3) is 0 Å². The van der Waals surface area contributed by atoms with Gasteiger partial charge in [0.1, 0.15) is 17.8 Å². The van der Waals surface area contributed by atoms with Gasteiger partial charge in [-0.15, -0.1) is 0 Å². The van der Waals surface area contributed by atoms with E-state index in [0.29, 0.717) is 18.5 Å². The Balaban J connectivity index is 1.76. The van der Waals surface area contributed by atoms with Crippen LogP contribution in [0, 0.1) is 17.3 Å². The van der Waals surface area contributed by atoms with E-state index in [1.807, 2.05) is 6.07 Å². The van der Waals surface area contributed by atoms with E-state index in [-0.39, 0.29) is 23.9 Å². The molecule has 0 bridgehead atoms. The molecule has 4 amide bonds. The zero-order valence-electron chi connectivity index (χ0n) is 23.0. The molecule has 10 nitrogen and oxygen atoms in total. The van der Waals surface area contributed by atoms with Gasteiger partial charge >= 0.3 is 5.97 Å². The van der Waals surface area contributed by atoms with Crippen molar-refractivity contribution in [1.29, 1.82) is 0 Å². The van der Waals surface area contributed by atoms with E-state index in [1.165, 1.54) is 24.3 Å². The van der Waals surface area contributed by atoms with Gasteiger partial charge in [-0.25, -0.2) is 4.79 Å². The molecule has 2 aromatic rings. The maximum Gasteiger partial charge on any atom is 0.328 e. The van der Waals surface area contributed by atoms with Crippen molar-refractivity contribution in [3.63, 3.8) is 0 Å². The number of hydrogen-bond acceptors (Lipinski definition) is 7. The number of hydrogen-bond donors (Lipinski definition) is 2. The first-order chi connectivity index (χ1) is 18.4. The van der Waals surface area contributed by atoms with Crippen LogP contribution in [0.1, 0.15) is 57.4 Å². The summed E-state index contributed by atoms with van der Waals surface area (Å²) >= 11 is 0. The third kappa shape index (κ3) is 7.28. The van der Waals surface area contributed by atoms with Crippen molar-refractivity contribution in [3.05, 3.63) is 60.4 Å². The average Bonchev–Trinajstić information content (AvgIpc) is 3.20. The first kappa shape index (κ1) is 29.5. The van der Waals surface area contributed by atoms with Crippen LogP contribution in [0.5, 0.6) is 0 Å². The van der Waals surface area contributed by atoms with Crippen molar-refractivity contribution in [1.82, 2.24) is 15.6 Å². The topological polar surface area (TPSA) is 135 Å². The molecule has 10 heteroatoms. The second-order valence-corrected chi connectivity index (χ2v) is 10.9. The predicted molar refractivity (Wildman–Crippen MR) is 144 cm³/mol. The van der Waals surface area contributed by atoms with E-state index in [2.05, 4.69) is 15.6 Å². The Morgan fingerprint density at radius 2 is 1.72 bits per heavy atom. The predicted octanol–water partition coefficient (Wildman–Crippen LogP) is 2.88. The van der Waals surface area contributed by atoms with Gasteiger partial charge in [0.15, 0.2) is 0 Å². The lowest BCUT2D eigenvalue weighted by molar-refractivity contribution is -0.148. The van der Waals surface area contributed by atoms with Crippen molar-refractivity contribution >= 4 is 35.3 Å². The van der Waals surface area contributed by atoms with Crippen LogP contribution < -0.4 is 15.5 Å². The number of pyridine rings is 1. The number of nitrogens with zero attached hydrogens (tertiary/aromatic N) is 2. The lowest BCUT2D eigenvalue weighted by Crippen LogP contribution is -2.57. The van der Waals surface area contributed by atoms with Gasteiger partial charge in [0.25, 0.3) is 5.91 Å². The highest BCUT2D eigenvalue weighted by Crippen LogP contribution is 2.30. The number of esters is 1. The van der Waals surface area contributed by atoms with Gasteiger partial charge in [0, 0.05) is 18.5 Å². The van der Waals surface area contributed by atoms with Crippen LogP contribution in [0.3, 0.4) is 0 Å². The van der Waals surface area contributed by atoms with E-state index in [0.717, 1.165) is 0 Å². The van der Waals surface area contributed by atoms with Crippen LogP contribution in [0.2, 0.25) is 0 Å². The number of rotatable bonds is 10. The van der Waals surface area contributed by atoms with E-state index in [1.54, 1.807) is 64.1 Å². The maximum atomic E-state index is 13.5. The first-order valence-corrected chi connectivity index (χ1v) is 13.0. The summed E-state index contributed by atoms with van der Waals surface area (Å²) in [6, 6.07) is 11.6. The first-order valence-electron chi connectivity index (χ1n) is 13.0. The number of amides is 4. The number of methoxy groups -OCH3 is 1. The van der Waals surface area contributed by atoms with Crippen LogP contribution in [-0.2, 0) is 23.9 Å². The number of anilines is 1. The number of aromatic nitrogens is 1. The fraction of sp³-hybridized carbons (Fsp3) is 0.448. The molecule has 0 saturated carbocycles. The highest BCUT2D eigenvalue weighted by atomic mass is 16.5. The van der Waals surface area contributed by atoms with E-state index < -0.39 is 47.1 Å².